The summed E-state index contributed by atoms with van der Waals surface area (Å²) < 4.78 is 0.820. The lowest BCUT2D eigenvalue weighted by molar-refractivity contribution is -0.384. The molecule has 0 bridgehead atoms. The monoisotopic (exact) mass is 328 g/mol. The Balaban J connectivity index is 2.69. The van der Waals surface area contributed by atoms with Crippen LogP contribution in [0.25, 0.3) is 0 Å². The smallest absolute Gasteiger partial charge is 0.270 e. The Labute approximate surface area is 122 Å². The lowest BCUT2D eigenvalue weighted by Crippen LogP contribution is -2.34. The fourth-order valence-electron chi connectivity index (χ4n) is 2.10. The van der Waals surface area contributed by atoms with Gasteiger partial charge in [0.05, 0.1) is 4.92 Å². The van der Waals surface area contributed by atoms with Gasteiger partial charge in [0.2, 0.25) is 0 Å². The van der Waals surface area contributed by atoms with Gasteiger partial charge in [-0.2, -0.15) is 0 Å². The molecule has 0 aliphatic heterocycles. The maximum Gasteiger partial charge on any atom is 0.270 e. The average molecular weight is 329 g/mol. The van der Waals surface area contributed by atoms with E-state index in [2.05, 4.69) is 42.0 Å². The second-order valence-corrected chi connectivity index (χ2v) is 5.83. The quantitative estimate of drug-likeness (QED) is 0.609. The molecule has 1 aromatic rings. The van der Waals surface area contributed by atoms with Gasteiger partial charge in [0.1, 0.15) is 0 Å². The highest BCUT2D eigenvalue weighted by molar-refractivity contribution is 9.10. The number of nitro groups is 1. The van der Waals surface area contributed by atoms with Crippen molar-refractivity contribution in [1.29, 1.82) is 0 Å². The zero-order valence-corrected chi connectivity index (χ0v) is 13.2. The zero-order chi connectivity index (χ0) is 14.4. The van der Waals surface area contributed by atoms with E-state index in [1.54, 1.807) is 12.1 Å². The number of benzene rings is 1. The maximum atomic E-state index is 10.7. The molecule has 0 aliphatic carbocycles. The fourth-order valence-corrected chi connectivity index (χ4v) is 2.66. The van der Waals surface area contributed by atoms with Gasteiger partial charge in [0.15, 0.2) is 0 Å². The molecule has 0 radical (unpaired) electrons. The molecule has 0 aliphatic rings. The Hall–Kier alpha value is -0.940. The van der Waals surface area contributed by atoms with E-state index in [9.17, 15) is 10.1 Å². The molecule has 106 valence electrons. The first kappa shape index (κ1) is 16.1. The van der Waals surface area contributed by atoms with Crippen molar-refractivity contribution in [3.05, 3.63) is 38.3 Å². The number of halogens is 1. The van der Waals surface area contributed by atoms with Gasteiger partial charge in [0, 0.05) is 22.6 Å². The average Bonchev–Trinajstić information content (AvgIpc) is 2.35. The topological polar surface area (TPSA) is 55.2 Å². The minimum atomic E-state index is -0.371. The van der Waals surface area contributed by atoms with E-state index in [4.69, 9.17) is 0 Å². The van der Waals surface area contributed by atoms with Crippen LogP contribution in [0.1, 0.15) is 32.8 Å². The number of nitrogens with one attached hydrogen (secondary N) is 1. The SMILES string of the molecule is CCNC(CCc1ccc([N+](=O)[O-])cc1Br)C(C)C. The standard InChI is InChI=1S/C14H21BrN2O2/c1-4-16-14(10(2)3)8-6-11-5-7-12(17(18)19)9-13(11)15/h5,7,9-10,14,16H,4,6,8H2,1-3H3. The van der Waals surface area contributed by atoms with Crippen LogP contribution in [0.2, 0.25) is 0 Å². The normalized spacial score (nSPS) is 12.7. The molecule has 0 saturated carbocycles. The highest BCUT2D eigenvalue weighted by Gasteiger charge is 2.14. The Bertz CT molecular complexity index is 435. The number of aryl methyl sites for hydroxylation is 1. The zero-order valence-electron chi connectivity index (χ0n) is 11.6. The summed E-state index contributed by atoms with van der Waals surface area (Å²) in [7, 11) is 0. The van der Waals surface area contributed by atoms with Crippen LogP contribution in [-0.2, 0) is 6.42 Å². The minimum absolute atomic E-state index is 0.128. The molecule has 0 saturated heterocycles. The van der Waals surface area contributed by atoms with E-state index in [-0.39, 0.29) is 10.6 Å². The van der Waals surface area contributed by atoms with Crippen LogP contribution >= 0.6 is 15.9 Å². The fraction of sp³-hybridized carbons (Fsp3) is 0.571. The van der Waals surface area contributed by atoms with E-state index >= 15 is 0 Å². The molecule has 1 N–H and O–H groups in total. The molecule has 1 aromatic carbocycles. The number of hydrogen-bond donors (Lipinski definition) is 1. The molecule has 0 amide bonds. The van der Waals surface area contributed by atoms with Gasteiger partial charge in [-0.3, -0.25) is 10.1 Å². The van der Waals surface area contributed by atoms with Crippen molar-refractivity contribution in [2.24, 2.45) is 5.92 Å². The number of hydrogen-bond acceptors (Lipinski definition) is 3. The third-order valence-electron chi connectivity index (χ3n) is 3.24. The van der Waals surface area contributed by atoms with Gasteiger partial charge in [-0.15, -0.1) is 0 Å². The first-order valence-electron chi connectivity index (χ1n) is 6.61. The molecule has 4 nitrogen and oxygen atoms in total. The summed E-state index contributed by atoms with van der Waals surface area (Å²) in [6.07, 6.45) is 1.94. The largest absolute Gasteiger partial charge is 0.314 e. The minimum Gasteiger partial charge on any atom is -0.314 e. The lowest BCUT2D eigenvalue weighted by atomic mass is 9.96. The molecule has 1 atom stereocenters. The number of nitrogens with zero attached hydrogens (tertiary/aromatic N) is 1. The molecule has 0 fully saturated rings. The van der Waals surface area contributed by atoms with Crippen molar-refractivity contribution in [1.82, 2.24) is 5.32 Å². The van der Waals surface area contributed by atoms with E-state index in [0.717, 1.165) is 29.4 Å². The van der Waals surface area contributed by atoms with Crippen molar-refractivity contribution in [2.45, 2.75) is 39.7 Å². The van der Waals surface area contributed by atoms with Gasteiger partial charge in [0.25, 0.3) is 5.69 Å². The predicted molar refractivity (Wildman–Crippen MR) is 81.4 cm³/mol. The molecule has 0 aromatic heterocycles. The van der Waals surface area contributed by atoms with Crippen LogP contribution in [0, 0.1) is 16.0 Å². The Morgan fingerprint density at radius 1 is 1.42 bits per heavy atom. The summed E-state index contributed by atoms with van der Waals surface area (Å²) in [5.74, 6) is 0.580. The van der Waals surface area contributed by atoms with Gasteiger partial charge < -0.3 is 5.32 Å². The molecule has 1 unspecified atom stereocenters. The van der Waals surface area contributed by atoms with Gasteiger partial charge in [-0.1, -0.05) is 42.8 Å². The molecular formula is C14H21BrN2O2. The first-order chi connectivity index (χ1) is 8.95. The molecule has 5 heteroatoms. The maximum absolute atomic E-state index is 10.7. The second kappa shape index (κ2) is 7.60. The van der Waals surface area contributed by atoms with Crippen molar-refractivity contribution in [2.75, 3.05) is 6.54 Å². The summed E-state index contributed by atoms with van der Waals surface area (Å²) in [5, 5.41) is 14.2. The number of nitro benzene ring substituents is 1. The summed E-state index contributed by atoms with van der Waals surface area (Å²) in [6.45, 7) is 7.48. The van der Waals surface area contributed by atoms with Crippen LogP contribution in [-0.4, -0.2) is 17.5 Å². The molecular weight excluding hydrogens is 308 g/mol. The van der Waals surface area contributed by atoms with E-state index in [0.29, 0.717) is 12.0 Å². The van der Waals surface area contributed by atoms with Gasteiger partial charge in [-0.25, -0.2) is 0 Å². The summed E-state index contributed by atoms with van der Waals surface area (Å²) in [4.78, 5) is 10.3. The van der Waals surface area contributed by atoms with Crippen LogP contribution in [0.4, 0.5) is 5.69 Å². The summed E-state index contributed by atoms with van der Waals surface area (Å²) in [5.41, 5.74) is 1.25. The van der Waals surface area contributed by atoms with Crippen molar-refractivity contribution in [3.63, 3.8) is 0 Å². The Morgan fingerprint density at radius 2 is 2.11 bits per heavy atom. The number of rotatable bonds is 7. The van der Waals surface area contributed by atoms with E-state index in [1.807, 2.05) is 6.07 Å². The third-order valence-corrected chi connectivity index (χ3v) is 3.98. The van der Waals surface area contributed by atoms with Crippen LogP contribution in [0.3, 0.4) is 0 Å². The molecule has 19 heavy (non-hydrogen) atoms. The highest BCUT2D eigenvalue weighted by atomic mass is 79.9. The summed E-state index contributed by atoms with van der Waals surface area (Å²) >= 11 is 3.42. The van der Waals surface area contributed by atoms with Crippen molar-refractivity contribution in [3.8, 4) is 0 Å². The van der Waals surface area contributed by atoms with E-state index in [1.165, 1.54) is 0 Å². The van der Waals surface area contributed by atoms with Gasteiger partial charge in [-0.05, 0) is 30.9 Å². The first-order valence-corrected chi connectivity index (χ1v) is 7.41. The van der Waals surface area contributed by atoms with Crippen LogP contribution in [0.15, 0.2) is 22.7 Å². The van der Waals surface area contributed by atoms with Crippen LogP contribution < -0.4 is 5.32 Å². The highest BCUT2D eigenvalue weighted by Crippen LogP contribution is 2.24. The number of non-ortho nitro benzene ring substituents is 1. The Kier molecular flexibility index (Phi) is 6.45. The van der Waals surface area contributed by atoms with E-state index < -0.39 is 0 Å². The second-order valence-electron chi connectivity index (χ2n) is 4.98. The lowest BCUT2D eigenvalue weighted by Gasteiger charge is -2.21. The van der Waals surface area contributed by atoms with Crippen molar-refractivity contribution >= 4 is 21.6 Å². The van der Waals surface area contributed by atoms with Crippen LogP contribution in [0.5, 0.6) is 0 Å². The molecule has 0 spiro atoms. The summed E-state index contributed by atoms with van der Waals surface area (Å²) in [6, 6.07) is 5.46. The molecule has 0 heterocycles. The third kappa shape index (κ3) is 4.91. The molecule has 1 rings (SSSR count). The Morgan fingerprint density at radius 3 is 2.58 bits per heavy atom. The van der Waals surface area contributed by atoms with Gasteiger partial charge >= 0.3 is 0 Å². The van der Waals surface area contributed by atoms with Crippen molar-refractivity contribution < 1.29 is 4.92 Å². The predicted octanol–water partition coefficient (Wildman–Crippen LogP) is 3.92.